The van der Waals surface area contributed by atoms with Crippen molar-refractivity contribution < 1.29 is 10.0 Å². The fourth-order valence-electron chi connectivity index (χ4n) is 1.83. The standard InChI is InChI=1S/C16H12BrNO2/c17-16(13-9-5-2-6-10-13)15(14(19)11-18-20)12-7-3-1-4-8-12/h1-11,20H. The third-order valence-corrected chi connectivity index (χ3v) is 3.58. The number of Topliss-reactive ketones (excluding diaryl/α,β-unsaturated/α-hetero) is 1. The van der Waals surface area contributed by atoms with E-state index < -0.39 is 0 Å². The highest BCUT2D eigenvalue weighted by Gasteiger charge is 2.15. The maximum Gasteiger partial charge on any atom is 0.209 e. The highest BCUT2D eigenvalue weighted by atomic mass is 79.9. The van der Waals surface area contributed by atoms with Crippen LogP contribution in [-0.4, -0.2) is 17.2 Å². The molecule has 2 aromatic carbocycles. The van der Waals surface area contributed by atoms with Crippen molar-refractivity contribution in [2.24, 2.45) is 5.16 Å². The molecule has 0 saturated heterocycles. The van der Waals surface area contributed by atoms with Crippen molar-refractivity contribution in [2.75, 3.05) is 0 Å². The van der Waals surface area contributed by atoms with Crippen LogP contribution in [0.5, 0.6) is 0 Å². The van der Waals surface area contributed by atoms with E-state index in [1.165, 1.54) is 0 Å². The number of allylic oxidation sites excluding steroid dienone is 1. The first-order valence-electron chi connectivity index (χ1n) is 5.96. The molecule has 3 nitrogen and oxygen atoms in total. The average molecular weight is 330 g/mol. The second-order valence-electron chi connectivity index (χ2n) is 4.03. The SMILES string of the molecule is O=C(C=NO)C(=C(Br)c1ccccc1)c1ccccc1. The van der Waals surface area contributed by atoms with Crippen LogP contribution in [0.2, 0.25) is 0 Å². The van der Waals surface area contributed by atoms with Gasteiger partial charge in [0, 0.05) is 10.1 Å². The lowest BCUT2D eigenvalue weighted by molar-refractivity contribution is -0.107. The summed E-state index contributed by atoms with van der Waals surface area (Å²) in [6.07, 6.45) is 0.895. The van der Waals surface area contributed by atoms with Crippen molar-refractivity contribution in [2.45, 2.75) is 0 Å². The van der Waals surface area contributed by atoms with Gasteiger partial charge in [0.15, 0.2) is 0 Å². The van der Waals surface area contributed by atoms with Crippen molar-refractivity contribution in [1.82, 2.24) is 0 Å². The Bertz CT molecular complexity index is 649. The van der Waals surface area contributed by atoms with Gasteiger partial charge >= 0.3 is 0 Å². The molecular formula is C16H12BrNO2. The second-order valence-corrected chi connectivity index (χ2v) is 4.82. The van der Waals surface area contributed by atoms with Crippen LogP contribution in [0, 0.1) is 0 Å². The summed E-state index contributed by atoms with van der Waals surface area (Å²) in [7, 11) is 0. The number of ketones is 1. The van der Waals surface area contributed by atoms with Gasteiger partial charge in [-0.3, -0.25) is 4.79 Å². The van der Waals surface area contributed by atoms with E-state index in [0.717, 1.165) is 17.3 Å². The first-order valence-corrected chi connectivity index (χ1v) is 6.75. The summed E-state index contributed by atoms with van der Waals surface area (Å²) in [6.45, 7) is 0. The molecule has 0 unspecified atom stereocenters. The number of carbonyl (C=O) groups excluding carboxylic acids is 1. The molecule has 0 fully saturated rings. The number of benzene rings is 2. The van der Waals surface area contributed by atoms with Crippen LogP contribution < -0.4 is 0 Å². The second kappa shape index (κ2) is 6.82. The lowest BCUT2D eigenvalue weighted by atomic mass is 9.99. The highest BCUT2D eigenvalue weighted by Crippen LogP contribution is 2.31. The topological polar surface area (TPSA) is 49.7 Å². The molecule has 100 valence electrons. The van der Waals surface area contributed by atoms with Crippen molar-refractivity contribution in [1.29, 1.82) is 0 Å². The van der Waals surface area contributed by atoms with E-state index in [0.29, 0.717) is 10.1 Å². The van der Waals surface area contributed by atoms with Gasteiger partial charge in [-0.1, -0.05) is 65.8 Å². The molecule has 0 atom stereocenters. The van der Waals surface area contributed by atoms with E-state index >= 15 is 0 Å². The van der Waals surface area contributed by atoms with Crippen LogP contribution in [0.4, 0.5) is 0 Å². The molecule has 4 heteroatoms. The zero-order valence-electron chi connectivity index (χ0n) is 10.5. The quantitative estimate of drug-likeness (QED) is 0.303. The lowest BCUT2D eigenvalue weighted by Gasteiger charge is -2.08. The van der Waals surface area contributed by atoms with Crippen LogP contribution in [0.15, 0.2) is 65.8 Å². The zero-order chi connectivity index (χ0) is 14.4. The molecule has 0 bridgehead atoms. The molecule has 0 amide bonds. The van der Waals surface area contributed by atoms with E-state index in [-0.39, 0.29) is 5.78 Å². The average Bonchev–Trinajstić information content (AvgIpc) is 2.50. The van der Waals surface area contributed by atoms with Crippen LogP contribution in [0.1, 0.15) is 11.1 Å². The van der Waals surface area contributed by atoms with Crippen molar-refractivity contribution in [3.63, 3.8) is 0 Å². The minimum Gasteiger partial charge on any atom is -0.411 e. The molecule has 2 aromatic rings. The maximum atomic E-state index is 12.2. The van der Waals surface area contributed by atoms with Gasteiger partial charge in [0.25, 0.3) is 0 Å². The number of carbonyl (C=O) groups is 1. The fraction of sp³-hybridized carbons (Fsp3) is 0. The predicted octanol–water partition coefficient (Wildman–Crippen LogP) is 3.98. The normalized spacial score (nSPS) is 12.2. The number of nitrogens with zero attached hydrogens (tertiary/aromatic N) is 1. The molecule has 0 aliphatic carbocycles. The minimum atomic E-state index is -0.366. The summed E-state index contributed by atoms with van der Waals surface area (Å²) in [6, 6.07) is 18.7. The Hall–Kier alpha value is -2.20. The zero-order valence-corrected chi connectivity index (χ0v) is 12.1. The Morgan fingerprint density at radius 1 is 0.950 bits per heavy atom. The molecule has 0 spiro atoms. The number of hydrogen-bond acceptors (Lipinski definition) is 3. The Labute approximate surface area is 125 Å². The van der Waals surface area contributed by atoms with E-state index in [4.69, 9.17) is 5.21 Å². The van der Waals surface area contributed by atoms with E-state index in [1.54, 1.807) is 0 Å². The molecular weight excluding hydrogens is 318 g/mol. The fourth-order valence-corrected chi connectivity index (χ4v) is 2.52. The number of hydrogen-bond donors (Lipinski definition) is 1. The molecule has 0 radical (unpaired) electrons. The van der Waals surface area contributed by atoms with E-state index in [2.05, 4.69) is 21.1 Å². The van der Waals surface area contributed by atoms with Crippen LogP contribution >= 0.6 is 15.9 Å². The molecule has 0 aliphatic rings. The summed E-state index contributed by atoms with van der Waals surface area (Å²) in [4.78, 5) is 12.2. The van der Waals surface area contributed by atoms with Gasteiger partial charge < -0.3 is 5.21 Å². The summed E-state index contributed by atoms with van der Waals surface area (Å²) < 4.78 is 0.661. The summed E-state index contributed by atoms with van der Waals surface area (Å²) in [5.41, 5.74) is 2.09. The van der Waals surface area contributed by atoms with Gasteiger partial charge in [0.1, 0.15) is 6.21 Å². The Kier molecular flexibility index (Phi) is 4.85. The van der Waals surface area contributed by atoms with Gasteiger partial charge in [-0.15, -0.1) is 0 Å². The van der Waals surface area contributed by atoms with Gasteiger partial charge in [-0.05, 0) is 27.1 Å². The smallest absolute Gasteiger partial charge is 0.209 e. The lowest BCUT2D eigenvalue weighted by Crippen LogP contribution is -2.04. The first-order chi connectivity index (χ1) is 9.74. The van der Waals surface area contributed by atoms with Crippen molar-refractivity contribution >= 4 is 38.0 Å². The Morgan fingerprint density at radius 3 is 1.95 bits per heavy atom. The van der Waals surface area contributed by atoms with Crippen molar-refractivity contribution in [3.05, 3.63) is 71.8 Å². The molecule has 0 aliphatic heterocycles. The first kappa shape index (κ1) is 14.2. The van der Waals surface area contributed by atoms with E-state index in [1.807, 2.05) is 60.7 Å². The number of rotatable bonds is 4. The molecule has 0 aromatic heterocycles. The van der Waals surface area contributed by atoms with Crippen LogP contribution in [-0.2, 0) is 4.79 Å². The monoisotopic (exact) mass is 329 g/mol. The van der Waals surface area contributed by atoms with Gasteiger partial charge in [0.05, 0.1) is 0 Å². The summed E-state index contributed by atoms with van der Waals surface area (Å²) in [5, 5.41) is 11.4. The van der Waals surface area contributed by atoms with Gasteiger partial charge in [-0.25, -0.2) is 0 Å². The highest BCUT2D eigenvalue weighted by molar-refractivity contribution is 9.15. The van der Waals surface area contributed by atoms with Crippen LogP contribution in [0.3, 0.4) is 0 Å². The number of halogens is 1. The maximum absolute atomic E-state index is 12.2. The molecule has 20 heavy (non-hydrogen) atoms. The molecule has 2 rings (SSSR count). The predicted molar refractivity (Wildman–Crippen MR) is 83.9 cm³/mol. The Morgan fingerprint density at radius 2 is 1.45 bits per heavy atom. The molecule has 0 heterocycles. The third kappa shape index (κ3) is 3.22. The Balaban J connectivity index is 2.60. The number of oxime groups is 1. The van der Waals surface area contributed by atoms with Gasteiger partial charge in [-0.2, -0.15) is 0 Å². The van der Waals surface area contributed by atoms with E-state index in [9.17, 15) is 4.79 Å². The molecule has 1 N–H and O–H groups in total. The third-order valence-electron chi connectivity index (χ3n) is 2.73. The summed E-state index contributed by atoms with van der Waals surface area (Å²) in [5.74, 6) is -0.366. The largest absolute Gasteiger partial charge is 0.411 e. The molecule has 0 saturated carbocycles. The van der Waals surface area contributed by atoms with Crippen LogP contribution in [0.25, 0.3) is 10.1 Å². The van der Waals surface area contributed by atoms with Crippen molar-refractivity contribution in [3.8, 4) is 0 Å². The van der Waals surface area contributed by atoms with Gasteiger partial charge in [0.2, 0.25) is 5.78 Å². The minimum absolute atomic E-state index is 0.366. The summed E-state index contributed by atoms with van der Waals surface area (Å²) >= 11 is 3.48.